The summed E-state index contributed by atoms with van der Waals surface area (Å²) in [7, 11) is 1.97. The van der Waals surface area contributed by atoms with E-state index in [0.29, 0.717) is 6.04 Å². The van der Waals surface area contributed by atoms with Gasteiger partial charge in [0.25, 0.3) is 0 Å². The normalized spacial score (nSPS) is 12.4. The molecule has 1 N–H and O–H groups in total. The van der Waals surface area contributed by atoms with E-state index < -0.39 is 0 Å². The second-order valence-corrected chi connectivity index (χ2v) is 5.72. The van der Waals surface area contributed by atoms with Crippen LogP contribution in [0.2, 0.25) is 5.02 Å². The summed E-state index contributed by atoms with van der Waals surface area (Å²) in [5.41, 5.74) is 1.30. The quantitative estimate of drug-likeness (QED) is 0.864. The molecule has 0 aliphatic rings. The Kier molecular flexibility index (Phi) is 4.70. The number of hydrogen-bond donors (Lipinski definition) is 1. The van der Waals surface area contributed by atoms with Crippen molar-refractivity contribution >= 4 is 23.4 Å². The standard InChI is InChI=1S/C15H16ClNS/c1-11(17-2)12-6-8-14(9-7-12)18-15-5-3-4-13(16)10-15/h3-11,17H,1-2H3. The predicted molar refractivity (Wildman–Crippen MR) is 79.5 cm³/mol. The SMILES string of the molecule is CNC(C)c1ccc(Sc2cccc(Cl)c2)cc1. The first-order valence-corrected chi connectivity index (χ1v) is 7.09. The fraction of sp³-hybridized carbons (Fsp3) is 0.200. The van der Waals surface area contributed by atoms with Crippen molar-refractivity contribution in [2.24, 2.45) is 0 Å². The van der Waals surface area contributed by atoms with Gasteiger partial charge in [0.05, 0.1) is 0 Å². The van der Waals surface area contributed by atoms with Crippen molar-refractivity contribution in [1.82, 2.24) is 5.32 Å². The third kappa shape index (κ3) is 3.52. The van der Waals surface area contributed by atoms with Crippen LogP contribution in [0.3, 0.4) is 0 Å². The molecule has 0 aliphatic heterocycles. The fourth-order valence-electron chi connectivity index (χ4n) is 1.66. The van der Waals surface area contributed by atoms with Crippen LogP contribution < -0.4 is 5.32 Å². The van der Waals surface area contributed by atoms with E-state index in [1.165, 1.54) is 10.5 Å². The van der Waals surface area contributed by atoms with Crippen LogP contribution in [0.4, 0.5) is 0 Å². The molecule has 94 valence electrons. The molecule has 2 rings (SSSR count). The monoisotopic (exact) mass is 277 g/mol. The van der Waals surface area contributed by atoms with Crippen molar-refractivity contribution in [2.75, 3.05) is 7.05 Å². The Morgan fingerprint density at radius 2 is 1.78 bits per heavy atom. The highest BCUT2D eigenvalue weighted by atomic mass is 35.5. The molecule has 2 aromatic carbocycles. The molecule has 0 amide bonds. The lowest BCUT2D eigenvalue weighted by atomic mass is 10.1. The van der Waals surface area contributed by atoms with Crippen molar-refractivity contribution < 1.29 is 0 Å². The number of benzene rings is 2. The summed E-state index contributed by atoms with van der Waals surface area (Å²) in [6.07, 6.45) is 0. The van der Waals surface area contributed by atoms with E-state index in [1.54, 1.807) is 11.8 Å². The van der Waals surface area contributed by atoms with E-state index in [4.69, 9.17) is 11.6 Å². The zero-order valence-electron chi connectivity index (χ0n) is 10.5. The van der Waals surface area contributed by atoms with Gasteiger partial charge in [-0.3, -0.25) is 0 Å². The van der Waals surface area contributed by atoms with Gasteiger partial charge < -0.3 is 5.32 Å². The van der Waals surface area contributed by atoms with Gasteiger partial charge in [-0.05, 0) is 49.9 Å². The summed E-state index contributed by atoms with van der Waals surface area (Å²) in [4.78, 5) is 2.39. The van der Waals surface area contributed by atoms with Crippen molar-refractivity contribution in [3.8, 4) is 0 Å². The lowest BCUT2D eigenvalue weighted by molar-refractivity contribution is 0.652. The Morgan fingerprint density at radius 3 is 2.39 bits per heavy atom. The first-order chi connectivity index (χ1) is 8.69. The average molecular weight is 278 g/mol. The fourth-order valence-corrected chi connectivity index (χ4v) is 2.79. The van der Waals surface area contributed by atoms with Crippen LogP contribution in [-0.2, 0) is 0 Å². The number of halogens is 1. The molecule has 0 bridgehead atoms. The van der Waals surface area contributed by atoms with Gasteiger partial charge in [-0.15, -0.1) is 0 Å². The van der Waals surface area contributed by atoms with E-state index in [0.717, 1.165) is 9.92 Å². The Morgan fingerprint density at radius 1 is 1.06 bits per heavy atom. The summed E-state index contributed by atoms with van der Waals surface area (Å²) in [6, 6.07) is 16.9. The molecular weight excluding hydrogens is 262 g/mol. The minimum Gasteiger partial charge on any atom is -0.313 e. The van der Waals surface area contributed by atoms with E-state index in [-0.39, 0.29) is 0 Å². The summed E-state index contributed by atoms with van der Waals surface area (Å²) >= 11 is 7.70. The summed E-state index contributed by atoms with van der Waals surface area (Å²) in [5.74, 6) is 0. The number of hydrogen-bond acceptors (Lipinski definition) is 2. The largest absolute Gasteiger partial charge is 0.313 e. The van der Waals surface area contributed by atoms with Gasteiger partial charge in [0.15, 0.2) is 0 Å². The molecule has 0 fully saturated rings. The van der Waals surface area contributed by atoms with Gasteiger partial charge in [-0.2, -0.15) is 0 Å². The Balaban J connectivity index is 2.11. The van der Waals surface area contributed by atoms with Gasteiger partial charge in [0, 0.05) is 20.9 Å². The van der Waals surface area contributed by atoms with Gasteiger partial charge in [-0.25, -0.2) is 0 Å². The van der Waals surface area contributed by atoms with Gasteiger partial charge >= 0.3 is 0 Å². The van der Waals surface area contributed by atoms with Crippen LogP contribution in [0.5, 0.6) is 0 Å². The highest BCUT2D eigenvalue weighted by Gasteiger charge is 2.03. The molecule has 0 aliphatic carbocycles. The molecule has 1 nitrogen and oxygen atoms in total. The van der Waals surface area contributed by atoms with Crippen molar-refractivity contribution in [1.29, 1.82) is 0 Å². The van der Waals surface area contributed by atoms with Crippen molar-refractivity contribution in [3.05, 3.63) is 59.1 Å². The van der Waals surface area contributed by atoms with Crippen LogP contribution >= 0.6 is 23.4 Å². The van der Waals surface area contributed by atoms with Gasteiger partial charge in [0.1, 0.15) is 0 Å². The van der Waals surface area contributed by atoms with E-state index in [9.17, 15) is 0 Å². The molecule has 18 heavy (non-hydrogen) atoms. The summed E-state index contributed by atoms with van der Waals surface area (Å²) < 4.78 is 0. The molecule has 2 aromatic rings. The number of rotatable bonds is 4. The predicted octanol–water partition coefficient (Wildman–Crippen LogP) is 4.77. The van der Waals surface area contributed by atoms with Crippen molar-refractivity contribution in [3.63, 3.8) is 0 Å². The Labute approximate surface area is 118 Å². The third-order valence-electron chi connectivity index (χ3n) is 2.84. The zero-order chi connectivity index (χ0) is 13.0. The highest BCUT2D eigenvalue weighted by molar-refractivity contribution is 7.99. The van der Waals surface area contributed by atoms with Crippen LogP contribution in [0.1, 0.15) is 18.5 Å². The first kappa shape index (κ1) is 13.5. The second kappa shape index (κ2) is 6.28. The molecule has 0 aromatic heterocycles. The summed E-state index contributed by atoms with van der Waals surface area (Å²) in [6.45, 7) is 2.15. The maximum absolute atomic E-state index is 5.98. The molecular formula is C15H16ClNS. The van der Waals surface area contributed by atoms with Gasteiger partial charge in [-0.1, -0.05) is 41.6 Å². The smallest absolute Gasteiger partial charge is 0.0417 e. The van der Waals surface area contributed by atoms with E-state index >= 15 is 0 Å². The van der Waals surface area contributed by atoms with Crippen LogP contribution in [0.25, 0.3) is 0 Å². The molecule has 0 radical (unpaired) electrons. The van der Waals surface area contributed by atoms with E-state index in [1.807, 2.05) is 25.2 Å². The Bertz CT molecular complexity index is 510. The lowest BCUT2D eigenvalue weighted by Crippen LogP contribution is -2.11. The highest BCUT2D eigenvalue weighted by Crippen LogP contribution is 2.30. The zero-order valence-corrected chi connectivity index (χ0v) is 12.1. The molecule has 3 heteroatoms. The molecule has 0 spiro atoms. The second-order valence-electron chi connectivity index (χ2n) is 4.14. The van der Waals surface area contributed by atoms with Crippen LogP contribution in [-0.4, -0.2) is 7.05 Å². The summed E-state index contributed by atoms with van der Waals surface area (Å²) in [5, 5.41) is 4.01. The van der Waals surface area contributed by atoms with E-state index in [2.05, 4.69) is 42.6 Å². The maximum atomic E-state index is 5.98. The molecule has 1 unspecified atom stereocenters. The molecule has 1 atom stereocenters. The lowest BCUT2D eigenvalue weighted by Gasteiger charge is -2.11. The third-order valence-corrected chi connectivity index (χ3v) is 4.08. The molecule has 0 heterocycles. The van der Waals surface area contributed by atoms with Gasteiger partial charge in [0.2, 0.25) is 0 Å². The van der Waals surface area contributed by atoms with Crippen LogP contribution in [0.15, 0.2) is 58.3 Å². The maximum Gasteiger partial charge on any atom is 0.0417 e. The minimum absolute atomic E-state index is 0.384. The topological polar surface area (TPSA) is 12.0 Å². The van der Waals surface area contributed by atoms with Crippen LogP contribution in [0, 0.1) is 0 Å². The average Bonchev–Trinajstić information content (AvgIpc) is 2.39. The molecule has 0 saturated heterocycles. The number of nitrogens with one attached hydrogen (secondary N) is 1. The van der Waals surface area contributed by atoms with Crippen molar-refractivity contribution in [2.45, 2.75) is 22.8 Å². The minimum atomic E-state index is 0.384. The first-order valence-electron chi connectivity index (χ1n) is 5.89. The molecule has 0 saturated carbocycles. The Hall–Kier alpha value is -0.960.